The number of esters is 1. The third kappa shape index (κ3) is 7.27. The summed E-state index contributed by atoms with van der Waals surface area (Å²) in [4.78, 5) is 22.5. The van der Waals surface area contributed by atoms with Gasteiger partial charge in [0.15, 0.2) is 0 Å². The molecule has 0 heterocycles. The molecule has 0 bridgehead atoms. The summed E-state index contributed by atoms with van der Waals surface area (Å²) in [6.45, 7) is 6.80. The zero-order chi connectivity index (χ0) is 14.0. The standard InChI is InChI=1S/C13H26N2O3/c1-4-7-10(8-12(16)18-6-3)9-15-11(5-2)13(14)17/h10-11,15H,4-9H2,1-3H3,(H2,14,17)/t10-,11+/m1/s1. The van der Waals surface area contributed by atoms with E-state index in [0.717, 1.165) is 12.8 Å². The predicted octanol–water partition coefficient (Wildman–Crippen LogP) is 1.21. The average Bonchev–Trinajstić information content (AvgIpc) is 2.29. The second-order valence-electron chi connectivity index (χ2n) is 4.44. The zero-order valence-corrected chi connectivity index (χ0v) is 11.7. The van der Waals surface area contributed by atoms with Crippen molar-refractivity contribution < 1.29 is 14.3 Å². The number of amides is 1. The summed E-state index contributed by atoms with van der Waals surface area (Å²) < 4.78 is 4.94. The van der Waals surface area contributed by atoms with Crippen molar-refractivity contribution in [3.05, 3.63) is 0 Å². The molecule has 106 valence electrons. The van der Waals surface area contributed by atoms with Crippen LogP contribution in [0.5, 0.6) is 0 Å². The summed E-state index contributed by atoms with van der Waals surface area (Å²) in [5.74, 6) is -0.323. The molecule has 0 aromatic heterocycles. The molecule has 5 nitrogen and oxygen atoms in total. The number of hydrogen-bond donors (Lipinski definition) is 2. The second-order valence-corrected chi connectivity index (χ2v) is 4.44. The van der Waals surface area contributed by atoms with E-state index in [0.29, 0.717) is 26.0 Å². The van der Waals surface area contributed by atoms with Crippen LogP contribution in [0.25, 0.3) is 0 Å². The van der Waals surface area contributed by atoms with Crippen LogP contribution >= 0.6 is 0 Å². The van der Waals surface area contributed by atoms with Gasteiger partial charge >= 0.3 is 5.97 Å². The molecule has 18 heavy (non-hydrogen) atoms. The van der Waals surface area contributed by atoms with Crippen molar-refractivity contribution in [2.24, 2.45) is 11.7 Å². The van der Waals surface area contributed by atoms with Crippen LogP contribution in [0.3, 0.4) is 0 Å². The molecule has 0 fully saturated rings. The maximum absolute atomic E-state index is 11.4. The number of primary amides is 1. The number of nitrogens with one attached hydrogen (secondary N) is 1. The topological polar surface area (TPSA) is 81.4 Å². The van der Waals surface area contributed by atoms with Crippen LogP contribution in [-0.4, -0.2) is 31.1 Å². The van der Waals surface area contributed by atoms with Gasteiger partial charge in [0.25, 0.3) is 0 Å². The van der Waals surface area contributed by atoms with E-state index in [-0.39, 0.29) is 23.8 Å². The van der Waals surface area contributed by atoms with Crippen LogP contribution in [0, 0.1) is 5.92 Å². The van der Waals surface area contributed by atoms with Gasteiger partial charge in [-0.1, -0.05) is 20.3 Å². The summed E-state index contributed by atoms with van der Waals surface area (Å²) in [5.41, 5.74) is 5.26. The molecule has 0 rings (SSSR count). The highest BCUT2D eigenvalue weighted by atomic mass is 16.5. The normalized spacial score (nSPS) is 13.9. The van der Waals surface area contributed by atoms with E-state index >= 15 is 0 Å². The molecule has 2 atom stereocenters. The van der Waals surface area contributed by atoms with Gasteiger partial charge in [-0.05, 0) is 32.2 Å². The Hall–Kier alpha value is -1.10. The Morgan fingerprint density at radius 2 is 1.94 bits per heavy atom. The molecule has 5 heteroatoms. The highest BCUT2D eigenvalue weighted by molar-refractivity contribution is 5.79. The quantitative estimate of drug-likeness (QED) is 0.577. The fourth-order valence-corrected chi connectivity index (χ4v) is 1.90. The van der Waals surface area contributed by atoms with Crippen molar-refractivity contribution in [1.82, 2.24) is 5.32 Å². The lowest BCUT2D eigenvalue weighted by molar-refractivity contribution is -0.144. The van der Waals surface area contributed by atoms with Crippen molar-refractivity contribution >= 4 is 11.9 Å². The number of ether oxygens (including phenoxy) is 1. The highest BCUT2D eigenvalue weighted by Gasteiger charge is 2.17. The Kier molecular flexibility index (Phi) is 9.28. The predicted molar refractivity (Wildman–Crippen MR) is 70.9 cm³/mol. The molecule has 0 spiro atoms. The van der Waals surface area contributed by atoms with Crippen molar-refractivity contribution in [3.63, 3.8) is 0 Å². The minimum absolute atomic E-state index is 0.176. The van der Waals surface area contributed by atoms with Gasteiger partial charge in [-0.3, -0.25) is 9.59 Å². The Labute approximate surface area is 109 Å². The Morgan fingerprint density at radius 3 is 2.39 bits per heavy atom. The minimum Gasteiger partial charge on any atom is -0.466 e. The van der Waals surface area contributed by atoms with Crippen molar-refractivity contribution in [1.29, 1.82) is 0 Å². The lowest BCUT2D eigenvalue weighted by Crippen LogP contribution is -2.43. The third-order valence-corrected chi connectivity index (χ3v) is 2.86. The Morgan fingerprint density at radius 1 is 1.28 bits per heavy atom. The van der Waals surface area contributed by atoms with E-state index < -0.39 is 0 Å². The maximum Gasteiger partial charge on any atom is 0.306 e. The van der Waals surface area contributed by atoms with Gasteiger partial charge in [-0.2, -0.15) is 0 Å². The van der Waals surface area contributed by atoms with Gasteiger partial charge in [-0.15, -0.1) is 0 Å². The summed E-state index contributed by atoms with van der Waals surface area (Å²) in [6, 6.07) is -0.313. The number of carbonyl (C=O) groups is 2. The van der Waals surface area contributed by atoms with Crippen molar-refractivity contribution in [3.8, 4) is 0 Å². The van der Waals surface area contributed by atoms with Crippen LogP contribution in [0.15, 0.2) is 0 Å². The number of hydrogen-bond acceptors (Lipinski definition) is 4. The summed E-state index contributed by atoms with van der Waals surface area (Å²) in [5, 5.41) is 3.12. The Balaban J connectivity index is 4.17. The molecule has 3 N–H and O–H groups in total. The van der Waals surface area contributed by atoms with Crippen molar-refractivity contribution in [2.75, 3.05) is 13.2 Å². The zero-order valence-electron chi connectivity index (χ0n) is 11.7. The number of carbonyl (C=O) groups excluding carboxylic acids is 2. The van der Waals surface area contributed by atoms with Crippen molar-refractivity contribution in [2.45, 2.75) is 52.5 Å². The SMILES string of the molecule is CCC[C@@H](CN[C@@H](CC)C(N)=O)CC(=O)OCC. The first-order valence-electron chi connectivity index (χ1n) is 6.73. The van der Waals surface area contributed by atoms with Gasteiger partial charge < -0.3 is 15.8 Å². The van der Waals surface area contributed by atoms with Gasteiger partial charge in [0.1, 0.15) is 0 Å². The smallest absolute Gasteiger partial charge is 0.306 e. The van der Waals surface area contributed by atoms with E-state index in [1.54, 1.807) is 6.92 Å². The molecular formula is C13H26N2O3. The minimum atomic E-state index is -0.344. The van der Waals surface area contributed by atoms with E-state index in [9.17, 15) is 9.59 Å². The van der Waals surface area contributed by atoms with E-state index in [1.807, 2.05) is 6.92 Å². The monoisotopic (exact) mass is 258 g/mol. The highest BCUT2D eigenvalue weighted by Crippen LogP contribution is 2.11. The fourth-order valence-electron chi connectivity index (χ4n) is 1.90. The third-order valence-electron chi connectivity index (χ3n) is 2.86. The van der Waals surface area contributed by atoms with E-state index in [2.05, 4.69) is 12.2 Å². The Bertz CT molecular complexity index is 257. The number of rotatable bonds is 10. The van der Waals surface area contributed by atoms with E-state index in [1.165, 1.54) is 0 Å². The molecule has 0 saturated heterocycles. The van der Waals surface area contributed by atoms with Crippen LogP contribution in [0.2, 0.25) is 0 Å². The average molecular weight is 258 g/mol. The maximum atomic E-state index is 11.4. The molecule has 0 unspecified atom stereocenters. The van der Waals surface area contributed by atoms with Crippen LogP contribution < -0.4 is 11.1 Å². The van der Waals surface area contributed by atoms with Crippen LogP contribution in [0.4, 0.5) is 0 Å². The van der Waals surface area contributed by atoms with Crippen LogP contribution in [-0.2, 0) is 14.3 Å². The van der Waals surface area contributed by atoms with Gasteiger partial charge in [0.05, 0.1) is 12.6 Å². The lowest BCUT2D eigenvalue weighted by atomic mass is 9.99. The van der Waals surface area contributed by atoms with E-state index in [4.69, 9.17) is 10.5 Å². The fraction of sp³-hybridized carbons (Fsp3) is 0.846. The number of nitrogens with two attached hydrogens (primary N) is 1. The first kappa shape index (κ1) is 16.9. The molecule has 0 aliphatic heterocycles. The van der Waals surface area contributed by atoms with Gasteiger partial charge in [0, 0.05) is 6.42 Å². The first-order chi connectivity index (χ1) is 8.54. The molecule has 0 aromatic rings. The molecule has 0 aromatic carbocycles. The molecule has 1 amide bonds. The summed E-state index contributed by atoms with van der Waals surface area (Å²) in [6.07, 6.45) is 2.98. The molecule has 0 saturated carbocycles. The largest absolute Gasteiger partial charge is 0.466 e. The molecule has 0 aliphatic carbocycles. The molecule has 0 radical (unpaired) electrons. The summed E-state index contributed by atoms with van der Waals surface area (Å²) >= 11 is 0. The first-order valence-corrected chi connectivity index (χ1v) is 6.73. The lowest BCUT2D eigenvalue weighted by Gasteiger charge is -2.19. The molecule has 0 aliphatic rings. The van der Waals surface area contributed by atoms with Gasteiger partial charge in [0.2, 0.25) is 5.91 Å². The summed E-state index contributed by atoms with van der Waals surface area (Å²) in [7, 11) is 0. The van der Waals surface area contributed by atoms with Crippen LogP contribution in [0.1, 0.15) is 46.5 Å². The van der Waals surface area contributed by atoms with Gasteiger partial charge in [-0.25, -0.2) is 0 Å². The second kappa shape index (κ2) is 9.88. The molecular weight excluding hydrogens is 232 g/mol.